The van der Waals surface area contributed by atoms with Crippen molar-refractivity contribution in [3.05, 3.63) is 40.0 Å². The van der Waals surface area contributed by atoms with Crippen molar-refractivity contribution >= 4 is 30.1 Å². The van der Waals surface area contributed by atoms with E-state index in [-0.39, 0.29) is 11.4 Å². The molecule has 5 heteroatoms. The van der Waals surface area contributed by atoms with Gasteiger partial charge in [-0.15, -0.1) is 0 Å². The summed E-state index contributed by atoms with van der Waals surface area (Å²) in [6.07, 6.45) is 3.65. The summed E-state index contributed by atoms with van der Waals surface area (Å²) in [5, 5.41) is 10.4. The van der Waals surface area contributed by atoms with E-state index in [1.165, 1.54) is 6.07 Å². The number of nitro benzene ring substituents is 1. The first kappa shape index (κ1) is 10.6. The molecule has 0 aliphatic heterocycles. The Balaban J connectivity index is 3.00. The topological polar surface area (TPSA) is 69.2 Å². The highest BCUT2D eigenvalue weighted by Gasteiger charge is 2.09. The molecule has 0 aliphatic carbocycles. The molecule has 0 fully saturated rings. The first-order valence-corrected chi connectivity index (χ1v) is 4.59. The number of nitrogen functional groups attached to an aromatic ring is 1. The lowest BCUT2D eigenvalue weighted by molar-refractivity contribution is -0.383. The first-order chi connectivity index (χ1) is 6.65. The second-order valence-electron chi connectivity index (χ2n) is 2.66. The van der Waals surface area contributed by atoms with Gasteiger partial charge in [0.25, 0.3) is 5.69 Å². The molecular weight excluding hydrogens is 200 g/mol. The predicted molar refractivity (Wildman–Crippen MR) is 60.4 cm³/mol. The van der Waals surface area contributed by atoms with Crippen molar-refractivity contribution < 1.29 is 4.92 Å². The number of rotatable bonds is 3. The van der Waals surface area contributed by atoms with E-state index in [4.69, 9.17) is 5.73 Å². The minimum atomic E-state index is -0.499. The van der Waals surface area contributed by atoms with Crippen LogP contribution in [0.5, 0.6) is 0 Å². The molecule has 1 aromatic rings. The number of nitro groups is 1. The van der Waals surface area contributed by atoms with Gasteiger partial charge >= 0.3 is 0 Å². The van der Waals surface area contributed by atoms with Crippen LogP contribution in [-0.4, -0.2) is 10.7 Å². The van der Waals surface area contributed by atoms with Crippen LogP contribution in [0, 0.1) is 10.1 Å². The van der Waals surface area contributed by atoms with Gasteiger partial charge in [0.05, 0.1) is 4.92 Å². The van der Waals surface area contributed by atoms with Gasteiger partial charge in [-0.2, -0.15) is 12.6 Å². The normalized spacial score (nSPS) is 10.6. The Morgan fingerprint density at radius 3 is 2.79 bits per heavy atom. The fourth-order valence-electron chi connectivity index (χ4n) is 1.03. The molecule has 0 bridgehead atoms. The van der Waals surface area contributed by atoms with Crippen LogP contribution in [0.3, 0.4) is 0 Å². The molecule has 0 saturated heterocycles. The lowest BCUT2D eigenvalue weighted by Crippen LogP contribution is -1.95. The highest BCUT2D eigenvalue weighted by molar-refractivity contribution is 7.80. The molecule has 14 heavy (non-hydrogen) atoms. The zero-order chi connectivity index (χ0) is 10.6. The lowest BCUT2D eigenvalue weighted by Gasteiger charge is -1.98. The number of thiol groups is 1. The Morgan fingerprint density at radius 2 is 2.29 bits per heavy atom. The monoisotopic (exact) mass is 210 g/mol. The van der Waals surface area contributed by atoms with Gasteiger partial charge in [0.1, 0.15) is 5.69 Å². The number of benzene rings is 1. The number of hydrogen-bond acceptors (Lipinski definition) is 4. The number of anilines is 1. The lowest BCUT2D eigenvalue weighted by atomic mass is 10.1. The highest BCUT2D eigenvalue weighted by Crippen LogP contribution is 2.22. The molecule has 1 aromatic carbocycles. The van der Waals surface area contributed by atoms with E-state index in [1.807, 2.05) is 12.2 Å². The second kappa shape index (κ2) is 4.66. The number of nitrogens with zero attached hydrogens (tertiary/aromatic N) is 1. The summed E-state index contributed by atoms with van der Waals surface area (Å²) in [4.78, 5) is 9.94. The number of hydrogen-bond donors (Lipinski definition) is 2. The van der Waals surface area contributed by atoms with E-state index in [2.05, 4.69) is 12.6 Å². The minimum Gasteiger partial charge on any atom is -0.393 e. The standard InChI is InChI=1S/C9H10N2O2S/c10-8-6-7(2-1-5-14)3-4-9(8)11(12)13/h1-4,6,14H,5,10H2. The van der Waals surface area contributed by atoms with Gasteiger partial charge in [-0.25, -0.2) is 0 Å². The molecule has 74 valence electrons. The molecule has 0 aromatic heterocycles. The fourth-order valence-corrected chi connectivity index (χ4v) is 1.14. The summed E-state index contributed by atoms with van der Waals surface area (Å²) < 4.78 is 0. The Labute approximate surface area is 87.0 Å². The van der Waals surface area contributed by atoms with Gasteiger partial charge < -0.3 is 5.73 Å². The van der Waals surface area contributed by atoms with E-state index in [9.17, 15) is 10.1 Å². The van der Waals surface area contributed by atoms with E-state index >= 15 is 0 Å². The Kier molecular flexibility index (Phi) is 3.53. The third kappa shape index (κ3) is 2.50. The molecular formula is C9H10N2O2S. The van der Waals surface area contributed by atoms with Crippen molar-refractivity contribution in [2.24, 2.45) is 0 Å². The minimum absolute atomic E-state index is 0.0620. The highest BCUT2D eigenvalue weighted by atomic mass is 32.1. The first-order valence-electron chi connectivity index (χ1n) is 3.96. The zero-order valence-electron chi connectivity index (χ0n) is 7.38. The van der Waals surface area contributed by atoms with Crippen LogP contribution in [0.1, 0.15) is 5.56 Å². The van der Waals surface area contributed by atoms with Crippen LogP contribution >= 0.6 is 12.6 Å². The van der Waals surface area contributed by atoms with Gasteiger partial charge in [0.15, 0.2) is 0 Å². The summed E-state index contributed by atoms with van der Waals surface area (Å²) in [7, 11) is 0. The molecule has 0 amide bonds. The maximum atomic E-state index is 10.4. The van der Waals surface area contributed by atoms with Gasteiger partial charge in [0.2, 0.25) is 0 Å². The molecule has 0 heterocycles. The third-order valence-corrected chi connectivity index (χ3v) is 1.87. The van der Waals surface area contributed by atoms with Crippen molar-refractivity contribution in [2.75, 3.05) is 11.5 Å². The molecule has 2 N–H and O–H groups in total. The number of nitrogens with two attached hydrogens (primary N) is 1. The van der Waals surface area contributed by atoms with Crippen molar-refractivity contribution in [1.82, 2.24) is 0 Å². The van der Waals surface area contributed by atoms with Crippen LogP contribution in [0.25, 0.3) is 6.08 Å². The van der Waals surface area contributed by atoms with E-state index in [0.717, 1.165) is 5.56 Å². The van der Waals surface area contributed by atoms with Crippen molar-refractivity contribution in [2.45, 2.75) is 0 Å². The van der Waals surface area contributed by atoms with Crippen LogP contribution in [0.2, 0.25) is 0 Å². The summed E-state index contributed by atoms with van der Waals surface area (Å²) in [6.45, 7) is 0. The van der Waals surface area contributed by atoms with Crippen molar-refractivity contribution in [3.63, 3.8) is 0 Å². The summed E-state index contributed by atoms with van der Waals surface area (Å²) >= 11 is 4.00. The maximum absolute atomic E-state index is 10.4. The van der Waals surface area contributed by atoms with Crippen LogP contribution in [-0.2, 0) is 0 Å². The molecule has 0 atom stereocenters. The van der Waals surface area contributed by atoms with Crippen LogP contribution in [0.4, 0.5) is 11.4 Å². The summed E-state index contributed by atoms with van der Waals surface area (Å²) in [5.41, 5.74) is 6.45. The second-order valence-corrected chi connectivity index (χ2v) is 3.03. The van der Waals surface area contributed by atoms with Gasteiger partial charge in [-0.1, -0.05) is 12.2 Å². The quantitative estimate of drug-likeness (QED) is 0.347. The van der Waals surface area contributed by atoms with Crippen molar-refractivity contribution in [3.8, 4) is 0 Å². The zero-order valence-corrected chi connectivity index (χ0v) is 8.28. The van der Waals surface area contributed by atoms with Crippen LogP contribution in [0.15, 0.2) is 24.3 Å². The van der Waals surface area contributed by atoms with E-state index in [1.54, 1.807) is 12.1 Å². The van der Waals surface area contributed by atoms with Gasteiger partial charge in [-0.3, -0.25) is 10.1 Å². The fraction of sp³-hybridized carbons (Fsp3) is 0.111. The smallest absolute Gasteiger partial charge is 0.292 e. The molecule has 0 radical (unpaired) electrons. The Morgan fingerprint density at radius 1 is 1.57 bits per heavy atom. The largest absolute Gasteiger partial charge is 0.393 e. The SMILES string of the molecule is Nc1cc(C=CCS)ccc1[N+](=O)[O-]. The maximum Gasteiger partial charge on any atom is 0.292 e. The van der Waals surface area contributed by atoms with Crippen LogP contribution < -0.4 is 5.73 Å². The van der Waals surface area contributed by atoms with Gasteiger partial charge in [-0.05, 0) is 17.7 Å². The molecule has 4 nitrogen and oxygen atoms in total. The summed E-state index contributed by atoms with van der Waals surface area (Å²) in [5.74, 6) is 0.622. The molecule has 1 rings (SSSR count). The summed E-state index contributed by atoms with van der Waals surface area (Å²) in [6, 6.07) is 4.61. The average Bonchev–Trinajstić information content (AvgIpc) is 2.14. The molecule has 0 spiro atoms. The Hall–Kier alpha value is -1.49. The molecule has 0 aliphatic rings. The van der Waals surface area contributed by atoms with E-state index in [0.29, 0.717) is 5.75 Å². The third-order valence-electron chi connectivity index (χ3n) is 1.66. The predicted octanol–water partition coefficient (Wildman–Crippen LogP) is 2.12. The average molecular weight is 210 g/mol. The van der Waals surface area contributed by atoms with Gasteiger partial charge in [0, 0.05) is 11.8 Å². The van der Waals surface area contributed by atoms with E-state index < -0.39 is 4.92 Å². The molecule has 0 saturated carbocycles. The molecule has 0 unspecified atom stereocenters. The Bertz CT molecular complexity index is 377. The van der Waals surface area contributed by atoms with Crippen molar-refractivity contribution in [1.29, 1.82) is 0 Å².